The Bertz CT molecular complexity index is 232. The molecule has 1 rings (SSSR count). The molecular weight excluding hydrogens is 134 g/mol. The zero-order valence-corrected chi connectivity index (χ0v) is 7.86. The second-order valence-electron chi connectivity index (χ2n) is 3.97. The third kappa shape index (κ3) is 1.65. The fourth-order valence-corrected chi connectivity index (χ4v) is 1.40. The molecule has 0 aliphatic carbocycles. The highest BCUT2D eigenvalue weighted by Gasteiger charge is 2.17. The van der Waals surface area contributed by atoms with Gasteiger partial charge in [0.1, 0.15) is 0 Å². The molecule has 0 amide bonds. The van der Waals surface area contributed by atoms with Gasteiger partial charge in [0.2, 0.25) is 0 Å². The zero-order chi connectivity index (χ0) is 8.48. The number of hydrogen-bond acceptors (Lipinski definition) is 0. The summed E-state index contributed by atoms with van der Waals surface area (Å²) in [7, 11) is 0. The second-order valence-corrected chi connectivity index (χ2v) is 3.97. The van der Waals surface area contributed by atoms with Gasteiger partial charge in [0.15, 0.2) is 0 Å². The Morgan fingerprint density at radius 1 is 1.45 bits per heavy atom. The Hall–Kier alpha value is -0.720. The fraction of sp³-hybridized carbons (Fsp3) is 0.600. The molecule has 1 heteroatoms. The molecule has 0 unspecified atom stereocenters. The van der Waals surface area contributed by atoms with Gasteiger partial charge in [-0.2, -0.15) is 0 Å². The average Bonchev–Trinajstić information content (AvgIpc) is 2.31. The maximum Gasteiger partial charge on any atom is 0.0182 e. The van der Waals surface area contributed by atoms with Gasteiger partial charge < -0.3 is 4.98 Å². The van der Waals surface area contributed by atoms with E-state index < -0.39 is 0 Å². The zero-order valence-electron chi connectivity index (χ0n) is 7.86. The van der Waals surface area contributed by atoms with Gasteiger partial charge in [-0.1, -0.05) is 27.7 Å². The van der Waals surface area contributed by atoms with Crippen LogP contribution in [0.25, 0.3) is 0 Å². The van der Waals surface area contributed by atoms with Gasteiger partial charge in [0.25, 0.3) is 0 Å². The van der Waals surface area contributed by atoms with Crippen molar-refractivity contribution in [3.05, 3.63) is 23.5 Å². The van der Waals surface area contributed by atoms with Crippen LogP contribution in [0.15, 0.2) is 12.3 Å². The summed E-state index contributed by atoms with van der Waals surface area (Å²) in [6.07, 6.45) is 3.12. The molecule has 0 saturated carbocycles. The third-order valence-electron chi connectivity index (χ3n) is 1.99. The van der Waals surface area contributed by atoms with Crippen LogP contribution in [0.4, 0.5) is 0 Å². The Morgan fingerprint density at radius 2 is 2.09 bits per heavy atom. The largest absolute Gasteiger partial charge is 0.365 e. The standard InChI is InChI=1S/C10H17N.H2/c1-5-9-8(6-7-11-9)10(2,3)4;/h6-7,11H,5H2,1-4H3;1H. The number of H-pyrrole nitrogens is 1. The molecule has 1 aromatic heterocycles. The number of hydrogen-bond donors (Lipinski definition) is 1. The van der Waals surface area contributed by atoms with Crippen molar-refractivity contribution in [1.29, 1.82) is 0 Å². The molecule has 0 atom stereocenters. The summed E-state index contributed by atoms with van der Waals surface area (Å²) in [5.74, 6) is 0. The summed E-state index contributed by atoms with van der Waals surface area (Å²) >= 11 is 0. The molecule has 11 heavy (non-hydrogen) atoms. The summed E-state index contributed by atoms with van der Waals surface area (Å²) in [6, 6.07) is 2.18. The highest BCUT2D eigenvalue weighted by atomic mass is 14.7. The Kier molecular flexibility index (Phi) is 2.08. The lowest BCUT2D eigenvalue weighted by Crippen LogP contribution is -2.12. The predicted molar refractivity (Wildman–Crippen MR) is 51.0 cm³/mol. The first kappa shape index (κ1) is 8.38. The van der Waals surface area contributed by atoms with Crippen LogP contribution >= 0.6 is 0 Å². The van der Waals surface area contributed by atoms with Gasteiger partial charge in [0, 0.05) is 13.3 Å². The summed E-state index contributed by atoms with van der Waals surface area (Å²) in [4.78, 5) is 3.26. The van der Waals surface area contributed by atoms with E-state index in [1.807, 2.05) is 6.20 Å². The van der Waals surface area contributed by atoms with Crippen molar-refractivity contribution in [2.75, 3.05) is 0 Å². The van der Waals surface area contributed by atoms with Gasteiger partial charge in [-0.05, 0) is 23.5 Å². The van der Waals surface area contributed by atoms with Crippen LogP contribution in [0.2, 0.25) is 0 Å². The lowest BCUT2D eigenvalue weighted by Gasteiger charge is -2.18. The summed E-state index contributed by atoms with van der Waals surface area (Å²) in [6.45, 7) is 8.92. The SMILES string of the molecule is CCc1[nH]ccc1C(C)(C)C.[HH]. The minimum absolute atomic E-state index is 0. The Morgan fingerprint density at radius 3 is 2.45 bits per heavy atom. The number of aryl methyl sites for hydroxylation is 1. The van der Waals surface area contributed by atoms with Crippen molar-refractivity contribution in [1.82, 2.24) is 4.98 Å². The van der Waals surface area contributed by atoms with Crippen LogP contribution < -0.4 is 0 Å². The second kappa shape index (κ2) is 2.72. The van der Waals surface area contributed by atoms with E-state index in [-0.39, 0.29) is 6.84 Å². The quantitative estimate of drug-likeness (QED) is 0.638. The van der Waals surface area contributed by atoms with Crippen LogP contribution in [0.1, 0.15) is 40.4 Å². The first-order valence-corrected chi connectivity index (χ1v) is 4.22. The van der Waals surface area contributed by atoms with Crippen LogP contribution in [-0.4, -0.2) is 4.98 Å². The van der Waals surface area contributed by atoms with Gasteiger partial charge in [-0.3, -0.25) is 0 Å². The number of aromatic nitrogens is 1. The smallest absolute Gasteiger partial charge is 0.0182 e. The van der Waals surface area contributed by atoms with E-state index in [0.29, 0.717) is 0 Å². The van der Waals surface area contributed by atoms with Crippen molar-refractivity contribution in [2.24, 2.45) is 0 Å². The third-order valence-corrected chi connectivity index (χ3v) is 1.99. The highest BCUT2D eigenvalue weighted by Crippen LogP contribution is 2.25. The lowest BCUT2D eigenvalue weighted by atomic mass is 9.86. The molecule has 0 aromatic carbocycles. The first-order chi connectivity index (χ1) is 5.05. The van der Waals surface area contributed by atoms with Crippen molar-refractivity contribution in [3.63, 3.8) is 0 Å². The van der Waals surface area contributed by atoms with E-state index in [1.54, 1.807) is 0 Å². The maximum absolute atomic E-state index is 3.26. The van der Waals surface area contributed by atoms with Crippen molar-refractivity contribution in [3.8, 4) is 0 Å². The van der Waals surface area contributed by atoms with E-state index in [9.17, 15) is 0 Å². The number of rotatable bonds is 1. The minimum atomic E-state index is 0. The van der Waals surface area contributed by atoms with Gasteiger partial charge in [0.05, 0.1) is 0 Å². The maximum atomic E-state index is 3.26. The van der Waals surface area contributed by atoms with Crippen LogP contribution in [0.5, 0.6) is 0 Å². The van der Waals surface area contributed by atoms with E-state index in [0.717, 1.165) is 6.42 Å². The molecule has 1 N–H and O–H groups in total. The molecule has 0 saturated heterocycles. The Labute approximate surface area is 70.3 Å². The predicted octanol–water partition coefficient (Wildman–Crippen LogP) is 3.12. The molecule has 0 fully saturated rings. The van der Waals surface area contributed by atoms with E-state index in [1.165, 1.54) is 11.3 Å². The highest BCUT2D eigenvalue weighted by molar-refractivity contribution is 5.27. The number of aromatic amines is 1. The molecular formula is C10H19N. The summed E-state index contributed by atoms with van der Waals surface area (Å²) < 4.78 is 0. The van der Waals surface area contributed by atoms with E-state index in [4.69, 9.17) is 0 Å². The van der Waals surface area contributed by atoms with Gasteiger partial charge >= 0.3 is 0 Å². The minimum Gasteiger partial charge on any atom is -0.365 e. The monoisotopic (exact) mass is 153 g/mol. The van der Waals surface area contributed by atoms with Crippen molar-refractivity contribution >= 4 is 0 Å². The van der Waals surface area contributed by atoms with E-state index >= 15 is 0 Å². The molecule has 1 nitrogen and oxygen atoms in total. The molecule has 0 spiro atoms. The molecule has 0 bridgehead atoms. The summed E-state index contributed by atoms with van der Waals surface area (Å²) in [5.41, 5.74) is 3.10. The summed E-state index contributed by atoms with van der Waals surface area (Å²) in [5, 5.41) is 0. The first-order valence-electron chi connectivity index (χ1n) is 4.22. The lowest BCUT2D eigenvalue weighted by molar-refractivity contribution is 0.583. The van der Waals surface area contributed by atoms with Crippen LogP contribution in [0, 0.1) is 0 Å². The van der Waals surface area contributed by atoms with Gasteiger partial charge in [-0.15, -0.1) is 0 Å². The van der Waals surface area contributed by atoms with E-state index in [2.05, 4.69) is 38.7 Å². The van der Waals surface area contributed by atoms with Crippen molar-refractivity contribution in [2.45, 2.75) is 39.5 Å². The average molecular weight is 153 g/mol. The molecule has 0 radical (unpaired) electrons. The van der Waals surface area contributed by atoms with Crippen molar-refractivity contribution < 1.29 is 1.43 Å². The topological polar surface area (TPSA) is 15.8 Å². The Balaban J connectivity index is 0.00000121. The normalized spacial score (nSPS) is 12.0. The molecule has 1 heterocycles. The van der Waals surface area contributed by atoms with Crippen LogP contribution in [-0.2, 0) is 11.8 Å². The van der Waals surface area contributed by atoms with Gasteiger partial charge in [-0.25, -0.2) is 0 Å². The molecule has 1 aromatic rings. The molecule has 64 valence electrons. The number of nitrogens with one attached hydrogen (secondary N) is 1. The molecule has 0 aliphatic rings. The molecule has 0 aliphatic heterocycles. The van der Waals surface area contributed by atoms with Crippen LogP contribution in [0.3, 0.4) is 0 Å². The fourth-order valence-electron chi connectivity index (χ4n) is 1.40.